The van der Waals surface area contributed by atoms with Crippen LogP contribution in [0.15, 0.2) is 22.8 Å². The molecule has 0 N–H and O–H groups in total. The minimum absolute atomic E-state index is 0.357. The topological polar surface area (TPSA) is 25.4 Å². The summed E-state index contributed by atoms with van der Waals surface area (Å²) < 4.78 is 6.20. The minimum atomic E-state index is 0.357. The molecule has 0 spiro atoms. The third-order valence-corrected chi connectivity index (χ3v) is 2.94. The fourth-order valence-corrected chi connectivity index (χ4v) is 2.04. The van der Waals surface area contributed by atoms with Crippen molar-refractivity contribution in [3.8, 4) is 0 Å². The Morgan fingerprint density at radius 1 is 1.57 bits per heavy atom. The first-order valence-corrected chi connectivity index (χ1v) is 5.49. The maximum absolute atomic E-state index is 5.31. The molecule has 0 saturated carbocycles. The smallest absolute Gasteiger partial charge is 0.129 e. The number of hydrogen-bond donors (Lipinski definition) is 0. The molecular formula is C10H13BrN2O. The summed E-state index contributed by atoms with van der Waals surface area (Å²) in [5.41, 5.74) is 0. The van der Waals surface area contributed by atoms with Crippen molar-refractivity contribution in [1.82, 2.24) is 4.98 Å². The lowest BCUT2D eigenvalue weighted by molar-refractivity contribution is 0.121. The Morgan fingerprint density at radius 3 is 3.07 bits per heavy atom. The van der Waals surface area contributed by atoms with Crippen molar-refractivity contribution < 1.29 is 4.74 Å². The summed E-state index contributed by atoms with van der Waals surface area (Å²) in [6, 6.07) is 5.97. The SMILES string of the molecule is COC1CCN(c2cccc(Br)n2)C1. The summed E-state index contributed by atoms with van der Waals surface area (Å²) in [6.45, 7) is 1.97. The quantitative estimate of drug-likeness (QED) is 0.758. The maximum Gasteiger partial charge on any atom is 0.129 e. The number of methoxy groups -OCH3 is 1. The van der Waals surface area contributed by atoms with Gasteiger partial charge in [-0.1, -0.05) is 6.07 Å². The monoisotopic (exact) mass is 256 g/mol. The van der Waals surface area contributed by atoms with Crippen molar-refractivity contribution in [3.63, 3.8) is 0 Å². The minimum Gasteiger partial charge on any atom is -0.380 e. The third kappa shape index (κ3) is 2.07. The number of ether oxygens (including phenoxy) is 1. The zero-order valence-corrected chi connectivity index (χ0v) is 9.70. The maximum atomic E-state index is 5.31. The van der Waals surface area contributed by atoms with Gasteiger partial charge < -0.3 is 9.64 Å². The van der Waals surface area contributed by atoms with Crippen molar-refractivity contribution in [2.45, 2.75) is 12.5 Å². The largest absolute Gasteiger partial charge is 0.380 e. The van der Waals surface area contributed by atoms with Crippen LogP contribution in [0.1, 0.15) is 6.42 Å². The first-order valence-electron chi connectivity index (χ1n) is 4.70. The number of halogens is 1. The van der Waals surface area contributed by atoms with Gasteiger partial charge in [0, 0.05) is 20.2 Å². The molecule has 76 valence electrons. The molecule has 0 bridgehead atoms. The van der Waals surface area contributed by atoms with Crippen molar-refractivity contribution in [1.29, 1.82) is 0 Å². The van der Waals surface area contributed by atoms with E-state index in [1.165, 1.54) is 0 Å². The van der Waals surface area contributed by atoms with Crippen LogP contribution >= 0.6 is 15.9 Å². The van der Waals surface area contributed by atoms with Gasteiger partial charge in [0.15, 0.2) is 0 Å². The van der Waals surface area contributed by atoms with E-state index in [2.05, 4.69) is 25.8 Å². The van der Waals surface area contributed by atoms with Gasteiger partial charge in [-0.25, -0.2) is 4.98 Å². The number of hydrogen-bond acceptors (Lipinski definition) is 3. The molecule has 4 heteroatoms. The highest BCUT2D eigenvalue weighted by Crippen LogP contribution is 2.20. The van der Waals surface area contributed by atoms with E-state index in [0.29, 0.717) is 6.10 Å². The molecule has 0 radical (unpaired) electrons. The molecule has 2 rings (SSSR count). The van der Waals surface area contributed by atoms with Gasteiger partial charge in [-0.05, 0) is 34.5 Å². The molecule has 1 saturated heterocycles. The Labute approximate surface area is 92.2 Å². The standard InChI is InChI=1S/C10H13BrN2O/c1-14-8-5-6-13(7-8)10-4-2-3-9(11)12-10/h2-4,8H,5-7H2,1H3. The van der Waals surface area contributed by atoms with Crippen LogP contribution in [0.4, 0.5) is 5.82 Å². The Kier molecular flexibility index (Phi) is 3.03. The summed E-state index contributed by atoms with van der Waals surface area (Å²) in [5.74, 6) is 1.03. The number of aromatic nitrogens is 1. The lowest BCUT2D eigenvalue weighted by Crippen LogP contribution is -2.22. The number of rotatable bonds is 2. The molecule has 1 aromatic heterocycles. The second kappa shape index (κ2) is 4.28. The van der Waals surface area contributed by atoms with Crippen LogP contribution in [0.5, 0.6) is 0 Å². The number of anilines is 1. The molecular weight excluding hydrogens is 244 g/mol. The Bertz CT molecular complexity index is 319. The van der Waals surface area contributed by atoms with E-state index in [-0.39, 0.29) is 0 Å². The van der Waals surface area contributed by atoms with Crippen molar-refractivity contribution in [2.75, 3.05) is 25.1 Å². The Morgan fingerprint density at radius 2 is 2.43 bits per heavy atom. The average Bonchev–Trinajstić information content (AvgIpc) is 2.66. The molecule has 0 aliphatic carbocycles. The molecule has 1 fully saturated rings. The van der Waals surface area contributed by atoms with Gasteiger partial charge >= 0.3 is 0 Å². The molecule has 1 atom stereocenters. The molecule has 0 amide bonds. The van der Waals surface area contributed by atoms with Gasteiger partial charge in [-0.15, -0.1) is 0 Å². The van der Waals surface area contributed by atoms with Gasteiger partial charge in [0.2, 0.25) is 0 Å². The normalized spacial score (nSPS) is 21.6. The van der Waals surface area contributed by atoms with E-state index >= 15 is 0 Å². The fraction of sp³-hybridized carbons (Fsp3) is 0.500. The molecule has 2 heterocycles. The predicted octanol–water partition coefficient (Wildman–Crippen LogP) is 2.07. The van der Waals surface area contributed by atoms with Crippen LogP contribution in [-0.2, 0) is 4.74 Å². The van der Waals surface area contributed by atoms with Gasteiger partial charge in [-0.3, -0.25) is 0 Å². The van der Waals surface area contributed by atoms with Gasteiger partial charge in [-0.2, -0.15) is 0 Å². The molecule has 14 heavy (non-hydrogen) atoms. The average molecular weight is 257 g/mol. The van der Waals surface area contributed by atoms with Crippen molar-refractivity contribution in [3.05, 3.63) is 22.8 Å². The van der Waals surface area contributed by atoms with E-state index in [1.807, 2.05) is 18.2 Å². The van der Waals surface area contributed by atoms with Gasteiger partial charge in [0.25, 0.3) is 0 Å². The number of nitrogens with zero attached hydrogens (tertiary/aromatic N) is 2. The van der Waals surface area contributed by atoms with Gasteiger partial charge in [0.1, 0.15) is 10.4 Å². The molecule has 1 aromatic rings. The Hall–Kier alpha value is -0.610. The van der Waals surface area contributed by atoms with Gasteiger partial charge in [0.05, 0.1) is 6.10 Å². The molecule has 1 aliphatic heterocycles. The van der Waals surface area contributed by atoms with E-state index in [0.717, 1.165) is 29.9 Å². The summed E-state index contributed by atoms with van der Waals surface area (Å²) in [4.78, 5) is 6.66. The van der Waals surface area contributed by atoms with Crippen molar-refractivity contribution >= 4 is 21.7 Å². The molecule has 0 aromatic carbocycles. The predicted molar refractivity (Wildman–Crippen MR) is 59.6 cm³/mol. The highest BCUT2D eigenvalue weighted by molar-refractivity contribution is 9.10. The van der Waals surface area contributed by atoms with Crippen LogP contribution in [0.3, 0.4) is 0 Å². The van der Waals surface area contributed by atoms with Crippen LogP contribution in [-0.4, -0.2) is 31.3 Å². The zero-order chi connectivity index (χ0) is 9.97. The van der Waals surface area contributed by atoms with Crippen molar-refractivity contribution in [2.24, 2.45) is 0 Å². The van der Waals surface area contributed by atoms with E-state index in [9.17, 15) is 0 Å². The highest BCUT2D eigenvalue weighted by atomic mass is 79.9. The van der Waals surface area contributed by atoms with Crippen LogP contribution in [0, 0.1) is 0 Å². The second-order valence-corrected chi connectivity index (χ2v) is 4.22. The van der Waals surface area contributed by atoms with Crippen LogP contribution in [0.2, 0.25) is 0 Å². The summed E-state index contributed by atoms with van der Waals surface area (Å²) in [6.07, 6.45) is 1.45. The summed E-state index contributed by atoms with van der Waals surface area (Å²) >= 11 is 3.37. The molecule has 3 nitrogen and oxygen atoms in total. The first-order chi connectivity index (χ1) is 6.79. The third-order valence-electron chi connectivity index (χ3n) is 2.50. The first kappa shape index (κ1) is 9.93. The Balaban J connectivity index is 2.09. The number of pyridine rings is 1. The van der Waals surface area contributed by atoms with E-state index < -0.39 is 0 Å². The van der Waals surface area contributed by atoms with Crippen LogP contribution < -0.4 is 4.90 Å². The van der Waals surface area contributed by atoms with E-state index in [4.69, 9.17) is 4.74 Å². The lowest BCUT2D eigenvalue weighted by Gasteiger charge is -2.16. The fourth-order valence-electron chi connectivity index (χ4n) is 1.70. The van der Waals surface area contributed by atoms with Crippen LogP contribution in [0.25, 0.3) is 0 Å². The zero-order valence-electron chi connectivity index (χ0n) is 8.11. The van der Waals surface area contributed by atoms with E-state index in [1.54, 1.807) is 7.11 Å². The molecule has 1 unspecified atom stereocenters. The second-order valence-electron chi connectivity index (χ2n) is 3.41. The summed E-state index contributed by atoms with van der Waals surface area (Å²) in [5, 5.41) is 0. The molecule has 1 aliphatic rings. The summed E-state index contributed by atoms with van der Waals surface area (Å²) in [7, 11) is 1.77. The lowest BCUT2D eigenvalue weighted by atomic mass is 10.3. The highest BCUT2D eigenvalue weighted by Gasteiger charge is 2.22.